The molecule has 1 amide bonds. The number of anilines is 1. The lowest BCUT2D eigenvalue weighted by atomic mass is 10.1. The summed E-state index contributed by atoms with van der Waals surface area (Å²) in [7, 11) is -3.87. The number of benzene rings is 3. The van der Waals surface area contributed by atoms with Gasteiger partial charge in [0.2, 0.25) is 10.0 Å². The molecule has 0 spiro atoms. The molecule has 3 N–H and O–H groups in total. The van der Waals surface area contributed by atoms with Crippen molar-refractivity contribution in [3.8, 4) is 11.5 Å². The summed E-state index contributed by atoms with van der Waals surface area (Å²) >= 11 is 0. The van der Waals surface area contributed by atoms with Gasteiger partial charge in [-0.2, -0.15) is 0 Å². The maximum atomic E-state index is 12.8. The molecule has 0 aliphatic heterocycles. The van der Waals surface area contributed by atoms with Crippen LogP contribution in [-0.2, 0) is 10.0 Å². The quantitative estimate of drug-likeness (QED) is 0.455. The van der Waals surface area contributed by atoms with Crippen molar-refractivity contribution in [1.82, 2.24) is 0 Å². The van der Waals surface area contributed by atoms with Crippen molar-refractivity contribution < 1.29 is 22.9 Å². The van der Waals surface area contributed by atoms with Crippen molar-refractivity contribution in [1.29, 1.82) is 0 Å². The lowest BCUT2D eigenvalue weighted by Crippen LogP contribution is -2.14. The van der Waals surface area contributed by atoms with E-state index in [4.69, 9.17) is 9.88 Å². The number of sulfonamides is 1. The SMILES string of the molecule is Cc1ccc(Oc2ccc([N+](=O)[O-])cc2C(=O)Nc2ccc(S(N)(=O)=O)cc2)cc1. The number of carbonyl (C=O) groups excluding carboxylic acids is 1. The second kappa shape index (κ2) is 8.31. The van der Waals surface area contributed by atoms with Crippen molar-refractivity contribution in [2.45, 2.75) is 11.8 Å². The van der Waals surface area contributed by atoms with Crippen LogP contribution in [0.5, 0.6) is 11.5 Å². The fourth-order valence-corrected chi connectivity index (χ4v) is 3.07. The standard InChI is InChI=1S/C20H17N3O6S/c1-13-2-7-16(8-3-13)29-19-11-6-15(23(25)26)12-18(19)20(24)22-14-4-9-17(10-5-14)30(21,27)28/h2-12H,1H3,(H,22,24)(H2,21,27,28). The molecule has 0 atom stereocenters. The highest BCUT2D eigenvalue weighted by Crippen LogP contribution is 2.30. The largest absolute Gasteiger partial charge is 0.457 e. The first-order chi connectivity index (χ1) is 14.1. The van der Waals surface area contributed by atoms with Gasteiger partial charge in [0.1, 0.15) is 11.5 Å². The van der Waals surface area contributed by atoms with E-state index in [1.54, 1.807) is 12.1 Å². The van der Waals surface area contributed by atoms with Crippen molar-refractivity contribution in [2.75, 3.05) is 5.32 Å². The molecule has 0 heterocycles. The zero-order chi connectivity index (χ0) is 21.9. The van der Waals surface area contributed by atoms with Gasteiger partial charge in [-0.25, -0.2) is 13.6 Å². The molecule has 3 aromatic carbocycles. The lowest BCUT2D eigenvalue weighted by Gasteiger charge is -2.12. The van der Waals surface area contributed by atoms with Gasteiger partial charge in [-0.3, -0.25) is 14.9 Å². The summed E-state index contributed by atoms with van der Waals surface area (Å²) in [6.07, 6.45) is 0. The molecule has 0 fully saturated rings. The van der Waals surface area contributed by atoms with Gasteiger partial charge in [0, 0.05) is 17.8 Å². The van der Waals surface area contributed by atoms with Crippen molar-refractivity contribution in [3.05, 3.63) is 88.0 Å². The fraction of sp³-hybridized carbons (Fsp3) is 0.0500. The number of rotatable bonds is 6. The summed E-state index contributed by atoms with van der Waals surface area (Å²) in [6.45, 7) is 1.91. The minimum absolute atomic E-state index is 0.0553. The summed E-state index contributed by atoms with van der Waals surface area (Å²) < 4.78 is 28.4. The molecule has 0 unspecified atom stereocenters. The third kappa shape index (κ3) is 4.99. The maximum absolute atomic E-state index is 12.8. The zero-order valence-corrected chi connectivity index (χ0v) is 16.5. The Labute approximate surface area is 172 Å². The van der Waals surface area contributed by atoms with Crippen LogP contribution in [0.15, 0.2) is 71.6 Å². The highest BCUT2D eigenvalue weighted by molar-refractivity contribution is 7.89. The Kier molecular flexibility index (Phi) is 5.81. The molecule has 0 aliphatic rings. The van der Waals surface area contributed by atoms with Gasteiger partial charge in [-0.05, 0) is 49.4 Å². The third-order valence-corrected chi connectivity index (χ3v) is 5.04. The van der Waals surface area contributed by atoms with Gasteiger partial charge in [0.05, 0.1) is 15.4 Å². The Morgan fingerprint density at radius 1 is 1.03 bits per heavy atom. The second-order valence-corrected chi connectivity index (χ2v) is 7.94. The van der Waals surface area contributed by atoms with E-state index < -0.39 is 20.9 Å². The molecule has 3 aromatic rings. The van der Waals surface area contributed by atoms with Crippen molar-refractivity contribution in [2.24, 2.45) is 5.14 Å². The number of aryl methyl sites for hydroxylation is 1. The van der Waals surface area contributed by atoms with Crippen molar-refractivity contribution in [3.63, 3.8) is 0 Å². The molecular weight excluding hydrogens is 410 g/mol. The molecule has 0 saturated carbocycles. The number of nitrogens with zero attached hydrogens (tertiary/aromatic N) is 1. The van der Waals surface area contributed by atoms with Gasteiger partial charge in [0.15, 0.2) is 0 Å². The topological polar surface area (TPSA) is 142 Å². The normalized spacial score (nSPS) is 11.0. The van der Waals surface area contributed by atoms with Crippen LogP contribution >= 0.6 is 0 Å². The van der Waals surface area contributed by atoms with E-state index in [0.29, 0.717) is 5.75 Å². The number of nitro groups is 1. The molecule has 3 rings (SSSR count). The van der Waals surface area contributed by atoms with E-state index >= 15 is 0 Å². The van der Waals surface area contributed by atoms with E-state index in [-0.39, 0.29) is 27.6 Å². The summed E-state index contributed by atoms with van der Waals surface area (Å²) in [5, 5.41) is 18.7. The van der Waals surface area contributed by atoms with Crippen LogP contribution < -0.4 is 15.2 Å². The number of non-ortho nitro benzene ring substituents is 1. The smallest absolute Gasteiger partial charge is 0.270 e. The Balaban J connectivity index is 1.91. The van der Waals surface area contributed by atoms with Gasteiger partial charge >= 0.3 is 0 Å². The average Bonchev–Trinajstić information content (AvgIpc) is 2.69. The molecule has 30 heavy (non-hydrogen) atoms. The molecule has 0 bridgehead atoms. The summed E-state index contributed by atoms with van der Waals surface area (Å²) in [5.74, 6) is -0.0757. The first-order valence-electron chi connectivity index (χ1n) is 8.61. The minimum atomic E-state index is -3.87. The van der Waals surface area contributed by atoms with Crippen LogP contribution in [0.3, 0.4) is 0 Å². The van der Waals surface area contributed by atoms with Crippen LogP contribution in [0, 0.1) is 17.0 Å². The number of hydrogen-bond acceptors (Lipinski definition) is 6. The molecule has 9 nitrogen and oxygen atoms in total. The number of nitro benzene ring substituents is 1. The molecule has 154 valence electrons. The average molecular weight is 427 g/mol. The Morgan fingerprint density at radius 3 is 2.23 bits per heavy atom. The van der Waals surface area contributed by atoms with Gasteiger partial charge in [-0.1, -0.05) is 17.7 Å². The fourth-order valence-electron chi connectivity index (χ4n) is 2.56. The number of hydrogen-bond donors (Lipinski definition) is 2. The number of amides is 1. The molecule has 0 aromatic heterocycles. The molecule has 0 radical (unpaired) electrons. The predicted molar refractivity (Wildman–Crippen MR) is 110 cm³/mol. The first-order valence-corrected chi connectivity index (χ1v) is 10.2. The molecular formula is C20H17N3O6S. The number of carbonyl (C=O) groups is 1. The Bertz CT molecular complexity index is 1210. The van der Waals surface area contributed by atoms with Crippen LogP contribution in [0.25, 0.3) is 0 Å². The van der Waals surface area contributed by atoms with Crippen molar-refractivity contribution >= 4 is 27.3 Å². The van der Waals surface area contributed by atoms with Crippen LogP contribution in [0.1, 0.15) is 15.9 Å². The van der Waals surface area contributed by atoms with Gasteiger partial charge in [0.25, 0.3) is 11.6 Å². The monoisotopic (exact) mass is 427 g/mol. The van der Waals surface area contributed by atoms with Crippen LogP contribution in [0.4, 0.5) is 11.4 Å². The Hall–Kier alpha value is -3.76. The zero-order valence-electron chi connectivity index (χ0n) is 15.7. The summed E-state index contributed by atoms with van der Waals surface area (Å²) in [4.78, 5) is 23.2. The first kappa shape index (κ1) is 21.0. The number of ether oxygens (including phenoxy) is 1. The lowest BCUT2D eigenvalue weighted by molar-refractivity contribution is -0.384. The number of nitrogens with one attached hydrogen (secondary N) is 1. The van der Waals surface area contributed by atoms with Gasteiger partial charge < -0.3 is 10.1 Å². The Morgan fingerprint density at radius 2 is 1.67 bits per heavy atom. The molecule has 10 heteroatoms. The number of primary sulfonamides is 1. The minimum Gasteiger partial charge on any atom is -0.457 e. The summed E-state index contributed by atoms with van der Waals surface area (Å²) in [5.41, 5.74) is 0.966. The van der Waals surface area contributed by atoms with Crippen LogP contribution in [-0.4, -0.2) is 19.2 Å². The molecule has 0 aliphatic carbocycles. The predicted octanol–water partition coefficient (Wildman–Crippen LogP) is 3.60. The second-order valence-electron chi connectivity index (χ2n) is 6.38. The number of nitrogens with two attached hydrogens (primary N) is 1. The maximum Gasteiger partial charge on any atom is 0.270 e. The van der Waals surface area contributed by atoms with E-state index in [2.05, 4.69) is 5.32 Å². The van der Waals surface area contributed by atoms with Crippen LogP contribution in [0.2, 0.25) is 0 Å². The van der Waals surface area contributed by atoms with Gasteiger partial charge in [-0.15, -0.1) is 0 Å². The highest BCUT2D eigenvalue weighted by Gasteiger charge is 2.19. The van der Waals surface area contributed by atoms with E-state index in [0.717, 1.165) is 11.6 Å². The molecule has 0 saturated heterocycles. The van der Waals surface area contributed by atoms with E-state index in [1.165, 1.54) is 36.4 Å². The van der Waals surface area contributed by atoms with E-state index in [1.807, 2.05) is 19.1 Å². The summed E-state index contributed by atoms with van der Waals surface area (Å²) in [6, 6.07) is 16.0. The third-order valence-electron chi connectivity index (χ3n) is 4.11. The van der Waals surface area contributed by atoms with E-state index in [9.17, 15) is 23.3 Å². The highest BCUT2D eigenvalue weighted by atomic mass is 32.2.